The van der Waals surface area contributed by atoms with Crippen LogP contribution in [0, 0.1) is 0 Å². The van der Waals surface area contributed by atoms with E-state index in [0.29, 0.717) is 37.4 Å². The van der Waals surface area contributed by atoms with Crippen LogP contribution in [0.4, 0.5) is 0 Å². The van der Waals surface area contributed by atoms with Gasteiger partial charge in [0, 0.05) is 31.6 Å². The van der Waals surface area contributed by atoms with Gasteiger partial charge in [-0.1, -0.05) is 24.6 Å². The molecule has 2 amide bonds. The van der Waals surface area contributed by atoms with Gasteiger partial charge >= 0.3 is 0 Å². The number of hydrogen-bond donors (Lipinski definition) is 0. The van der Waals surface area contributed by atoms with Crippen molar-refractivity contribution in [3.8, 4) is 0 Å². The molecule has 1 aromatic heterocycles. The molecule has 1 aliphatic rings. The zero-order valence-electron chi connectivity index (χ0n) is 18.8. The van der Waals surface area contributed by atoms with E-state index in [9.17, 15) is 22.8 Å². The molecule has 180 valence electrons. The van der Waals surface area contributed by atoms with E-state index in [4.69, 9.17) is 16.0 Å². The Morgan fingerprint density at radius 1 is 1.18 bits per heavy atom. The van der Waals surface area contributed by atoms with E-state index in [0.717, 1.165) is 10.7 Å². The summed E-state index contributed by atoms with van der Waals surface area (Å²) in [7, 11) is -3.87. The summed E-state index contributed by atoms with van der Waals surface area (Å²) in [5, 5.41) is 0.733. The number of hydrogen-bond acceptors (Lipinski definition) is 6. The van der Waals surface area contributed by atoms with Gasteiger partial charge < -0.3 is 9.32 Å². The Balaban J connectivity index is 1.67. The largest absolute Gasteiger partial charge is 0.454 e. The van der Waals surface area contributed by atoms with Crippen LogP contribution in [-0.4, -0.2) is 54.8 Å². The number of likely N-dealkylation sites (tertiary alicyclic amines) is 1. The first-order chi connectivity index (χ1) is 16.2. The molecule has 0 N–H and O–H groups in total. The summed E-state index contributed by atoms with van der Waals surface area (Å²) < 4.78 is 32.5. The second-order valence-electron chi connectivity index (χ2n) is 8.29. The predicted octanol–water partition coefficient (Wildman–Crippen LogP) is 3.79. The summed E-state index contributed by atoms with van der Waals surface area (Å²) in [5.41, 5.74) is 0.212. The fourth-order valence-corrected chi connectivity index (χ4v) is 5.92. The molecule has 0 saturated carbocycles. The van der Waals surface area contributed by atoms with Gasteiger partial charge in [0.2, 0.25) is 21.4 Å². The van der Waals surface area contributed by atoms with Gasteiger partial charge in [-0.3, -0.25) is 14.4 Å². The van der Waals surface area contributed by atoms with Crippen LogP contribution < -0.4 is 5.43 Å². The fourth-order valence-electron chi connectivity index (χ4n) is 4.20. The minimum atomic E-state index is -3.87. The van der Waals surface area contributed by atoms with Crippen LogP contribution in [0.5, 0.6) is 0 Å². The molecule has 2 aromatic carbocycles. The maximum atomic E-state index is 13.3. The van der Waals surface area contributed by atoms with Gasteiger partial charge in [0.25, 0.3) is 5.91 Å². The van der Waals surface area contributed by atoms with Crippen molar-refractivity contribution < 1.29 is 22.4 Å². The summed E-state index contributed by atoms with van der Waals surface area (Å²) >= 11 is 6.15. The topological polar surface area (TPSA) is 105 Å². The summed E-state index contributed by atoms with van der Waals surface area (Å²) in [6.45, 7) is 2.71. The van der Waals surface area contributed by atoms with E-state index in [1.165, 1.54) is 18.2 Å². The number of benzene rings is 2. The number of halogens is 1. The first-order valence-electron chi connectivity index (χ1n) is 11.2. The van der Waals surface area contributed by atoms with Crippen molar-refractivity contribution >= 4 is 55.4 Å². The highest BCUT2D eigenvalue weighted by atomic mass is 35.5. The lowest BCUT2D eigenvalue weighted by molar-refractivity contribution is -0.127. The zero-order chi connectivity index (χ0) is 24.5. The predicted molar refractivity (Wildman–Crippen MR) is 131 cm³/mol. The molecular weight excluding hydrogens is 480 g/mol. The zero-order valence-corrected chi connectivity index (χ0v) is 20.3. The molecule has 1 fully saturated rings. The Hall–Kier alpha value is -2.91. The number of para-hydroxylation sites is 1. The molecule has 0 radical (unpaired) electrons. The number of sulfonamides is 1. The number of carbonyl (C=O) groups excluding carboxylic acids is 2. The molecule has 1 aliphatic heterocycles. The van der Waals surface area contributed by atoms with Gasteiger partial charge in [-0.2, -0.15) is 0 Å². The third-order valence-electron chi connectivity index (χ3n) is 5.88. The molecule has 1 saturated heterocycles. The number of fused-ring (bicyclic) bond motifs is 2. The normalized spacial score (nSPS) is 14.3. The summed E-state index contributed by atoms with van der Waals surface area (Å²) in [4.78, 5) is 39.9. The number of rotatable bonds is 8. The van der Waals surface area contributed by atoms with Crippen molar-refractivity contribution in [3.05, 3.63) is 57.2 Å². The van der Waals surface area contributed by atoms with Gasteiger partial charge in [-0.15, -0.1) is 0 Å². The SMILES string of the molecule is CCCS(=O)(=O)N(CCCN1CCCC1=O)C(=O)c1ccc2oc3c(Cl)cccc3c(=O)c2c1. The Morgan fingerprint density at radius 2 is 1.97 bits per heavy atom. The second-order valence-corrected chi connectivity index (χ2v) is 10.7. The average Bonchev–Trinajstić information content (AvgIpc) is 3.21. The Bertz CT molecular complexity index is 1430. The van der Waals surface area contributed by atoms with E-state index >= 15 is 0 Å². The monoisotopic (exact) mass is 504 g/mol. The molecule has 4 rings (SSSR count). The average molecular weight is 505 g/mol. The first-order valence-corrected chi connectivity index (χ1v) is 13.2. The lowest BCUT2D eigenvalue weighted by Crippen LogP contribution is -2.40. The standard InChI is InChI=1S/C24H25ClN2O6S/c1-2-14-34(31,32)27(13-5-12-26-11-4-8-21(26)28)24(30)16-9-10-20-18(15-16)22(29)17-6-3-7-19(25)23(17)33-20/h3,6-7,9-10,15H,2,4-5,8,11-14H2,1H3. The summed E-state index contributed by atoms with van der Waals surface area (Å²) in [6, 6.07) is 9.10. The van der Waals surface area contributed by atoms with Gasteiger partial charge in [0.1, 0.15) is 5.58 Å². The molecule has 0 atom stereocenters. The van der Waals surface area contributed by atoms with Crippen molar-refractivity contribution in [1.82, 2.24) is 9.21 Å². The molecule has 10 heteroatoms. The minimum Gasteiger partial charge on any atom is -0.454 e. The lowest BCUT2D eigenvalue weighted by Gasteiger charge is -2.24. The van der Waals surface area contributed by atoms with Crippen LogP contribution in [0.2, 0.25) is 5.02 Å². The molecule has 3 aromatic rings. The molecule has 0 aliphatic carbocycles. The van der Waals surface area contributed by atoms with Crippen molar-refractivity contribution in [3.63, 3.8) is 0 Å². The molecule has 0 bridgehead atoms. The molecule has 0 unspecified atom stereocenters. The third kappa shape index (κ3) is 4.67. The van der Waals surface area contributed by atoms with E-state index in [2.05, 4.69) is 0 Å². The molecule has 8 nitrogen and oxygen atoms in total. The van der Waals surface area contributed by atoms with Crippen LogP contribution in [-0.2, 0) is 14.8 Å². The van der Waals surface area contributed by atoms with E-state index < -0.39 is 15.9 Å². The number of nitrogens with zero attached hydrogens (tertiary/aromatic N) is 2. The van der Waals surface area contributed by atoms with Crippen molar-refractivity contribution in [2.75, 3.05) is 25.4 Å². The molecule has 0 spiro atoms. The second kappa shape index (κ2) is 9.76. The Kier molecular flexibility index (Phi) is 6.95. The van der Waals surface area contributed by atoms with Crippen LogP contribution in [0.15, 0.2) is 45.6 Å². The van der Waals surface area contributed by atoms with Crippen LogP contribution in [0.3, 0.4) is 0 Å². The smallest absolute Gasteiger partial charge is 0.267 e. The molecular formula is C24H25ClN2O6S. The Labute approximate surface area is 202 Å². The van der Waals surface area contributed by atoms with E-state index in [1.807, 2.05) is 0 Å². The van der Waals surface area contributed by atoms with Crippen molar-refractivity contribution in [2.45, 2.75) is 32.6 Å². The number of carbonyl (C=O) groups is 2. The Morgan fingerprint density at radius 3 is 2.68 bits per heavy atom. The fraction of sp³-hybridized carbons (Fsp3) is 0.375. The highest BCUT2D eigenvalue weighted by Gasteiger charge is 2.29. The summed E-state index contributed by atoms with van der Waals surface area (Å²) in [6.07, 6.45) is 1.97. The van der Waals surface area contributed by atoms with E-state index in [1.54, 1.807) is 30.0 Å². The van der Waals surface area contributed by atoms with Gasteiger partial charge in [-0.05, 0) is 49.6 Å². The van der Waals surface area contributed by atoms with Crippen LogP contribution in [0.25, 0.3) is 21.9 Å². The third-order valence-corrected chi connectivity index (χ3v) is 8.12. The van der Waals surface area contributed by atoms with E-state index in [-0.39, 0.29) is 51.1 Å². The number of amides is 2. The maximum Gasteiger partial charge on any atom is 0.267 e. The van der Waals surface area contributed by atoms with Gasteiger partial charge in [0.15, 0.2) is 5.58 Å². The highest BCUT2D eigenvalue weighted by Crippen LogP contribution is 2.26. The quantitative estimate of drug-likeness (QED) is 0.432. The highest BCUT2D eigenvalue weighted by molar-refractivity contribution is 7.89. The summed E-state index contributed by atoms with van der Waals surface area (Å²) in [5.74, 6) is -0.850. The van der Waals surface area contributed by atoms with Crippen molar-refractivity contribution in [2.24, 2.45) is 0 Å². The van der Waals surface area contributed by atoms with Gasteiger partial charge in [0.05, 0.1) is 21.5 Å². The molecule has 2 heterocycles. The van der Waals surface area contributed by atoms with Crippen LogP contribution in [0.1, 0.15) is 43.0 Å². The van der Waals surface area contributed by atoms with Crippen LogP contribution >= 0.6 is 11.6 Å². The van der Waals surface area contributed by atoms with Crippen molar-refractivity contribution in [1.29, 1.82) is 0 Å². The lowest BCUT2D eigenvalue weighted by atomic mass is 10.1. The van der Waals surface area contributed by atoms with Gasteiger partial charge in [-0.25, -0.2) is 12.7 Å². The maximum absolute atomic E-state index is 13.3. The molecule has 34 heavy (non-hydrogen) atoms. The first kappa shape index (κ1) is 24.2. The minimum absolute atomic E-state index is 0.0443.